The Hall–Kier alpha value is -0.0800. The topological polar surface area (TPSA) is 21.3 Å². The highest BCUT2D eigenvalue weighted by Crippen LogP contribution is 2.56. The summed E-state index contributed by atoms with van der Waals surface area (Å²) in [5, 5.41) is 3.81. The third kappa shape index (κ3) is 1.62. The van der Waals surface area contributed by atoms with Crippen molar-refractivity contribution in [2.75, 3.05) is 7.11 Å². The second-order valence-electron chi connectivity index (χ2n) is 6.70. The molecule has 0 saturated heterocycles. The molecule has 2 unspecified atom stereocenters. The lowest BCUT2D eigenvalue weighted by Gasteiger charge is -2.59. The Bertz CT molecular complexity index is 260. The van der Waals surface area contributed by atoms with E-state index in [2.05, 4.69) is 19.2 Å². The lowest BCUT2D eigenvalue weighted by molar-refractivity contribution is -0.158. The van der Waals surface area contributed by atoms with Gasteiger partial charge in [-0.3, -0.25) is 0 Å². The molecule has 0 amide bonds. The van der Waals surface area contributed by atoms with Gasteiger partial charge in [-0.15, -0.1) is 0 Å². The first-order valence-electron chi connectivity index (χ1n) is 6.93. The van der Waals surface area contributed by atoms with E-state index in [1.807, 2.05) is 7.11 Å². The maximum Gasteiger partial charge on any atom is 0.0687 e. The zero-order chi connectivity index (χ0) is 11.3. The summed E-state index contributed by atoms with van der Waals surface area (Å²) in [6, 6.07) is 1.40. The van der Waals surface area contributed by atoms with Crippen LogP contribution in [0.1, 0.15) is 46.0 Å². The van der Waals surface area contributed by atoms with E-state index in [0.29, 0.717) is 6.04 Å². The van der Waals surface area contributed by atoms with E-state index < -0.39 is 0 Å². The highest BCUT2D eigenvalue weighted by molar-refractivity contribution is 5.08. The second-order valence-corrected chi connectivity index (χ2v) is 6.70. The minimum Gasteiger partial charge on any atom is -0.378 e. The SMILES string of the molecule is COC12CC3CC(C1)C(NC(C)C)C(C3)C2. The minimum atomic E-state index is 0.270. The van der Waals surface area contributed by atoms with Crippen LogP contribution in [0.4, 0.5) is 0 Å². The van der Waals surface area contributed by atoms with E-state index >= 15 is 0 Å². The van der Waals surface area contributed by atoms with Gasteiger partial charge >= 0.3 is 0 Å². The van der Waals surface area contributed by atoms with Crippen molar-refractivity contribution in [2.24, 2.45) is 17.8 Å². The van der Waals surface area contributed by atoms with Gasteiger partial charge in [0.1, 0.15) is 0 Å². The van der Waals surface area contributed by atoms with E-state index in [4.69, 9.17) is 4.74 Å². The Labute approximate surface area is 99.1 Å². The van der Waals surface area contributed by atoms with Crippen LogP contribution in [0.15, 0.2) is 0 Å². The summed E-state index contributed by atoms with van der Waals surface area (Å²) in [6.07, 6.45) is 6.85. The molecule has 4 rings (SSSR count). The van der Waals surface area contributed by atoms with Gasteiger partial charge in [0.15, 0.2) is 0 Å². The van der Waals surface area contributed by atoms with Crippen molar-refractivity contribution in [1.82, 2.24) is 5.32 Å². The van der Waals surface area contributed by atoms with E-state index in [1.54, 1.807) is 0 Å². The van der Waals surface area contributed by atoms with Gasteiger partial charge in [-0.1, -0.05) is 13.8 Å². The molecule has 4 saturated carbocycles. The largest absolute Gasteiger partial charge is 0.378 e. The number of hydrogen-bond donors (Lipinski definition) is 1. The molecule has 0 aliphatic heterocycles. The predicted molar refractivity (Wildman–Crippen MR) is 65.4 cm³/mol. The van der Waals surface area contributed by atoms with Crippen molar-refractivity contribution in [3.05, 3.63) is 0 Å². The van der Waals surface area contributed by atoms with Crippen LogP contribution in [-0.4, -0.2) is 24.8 Å². The molecule has 2 nitrogen and oxygen atoms in total. The number of ether oxygens (including phenoxy) is 1. The zero-order valence-corrected chi connectivity index (χ0v) is 10.8. The summed E-state index contributed by atoms with van der Waals surface area (Å²) in [6.45, 7) is 4.55. The molecule has 0 spiro atoms. The summed E-state index contributed by atoms with van der Waals surface area (Å²) < 4.78 is 5.88. The van der Waals surface area contributed by atoms with E-state index in [1.165, 1.54) is 32.1 Å². The van der Waals surface area contributed by atoms with Crippen LogP contribution < -0.4 is 5.32 Å². The van der Waals surface area contributed by atoms with Crippen LogP contribution in [0, 0.1) is 17.8 Å². The molecule has 16 heavy (non-hydrogen) atoms. The minimum absolute atomic E-state index is 0.270. The Morgan fingerprint density at radius 1 is 1.12 bits per heavy atom. The lowest BCUT2D eigenvalue weighted by Crippen LogP contribution is -2.62. The van der Waals surface area contributed by atoms with E-state index in [9.17, 15) is 0 Å². The number of hydrogen-bond acceptors (Lipinski definition) is 2. The number of nitrogens with one attached hydrogen (secondary N) is 1. The van der Waals surface area contributed by atoms with Gasteiger partial charge in [0.05, 0.1) is 5.60 Å². The third-order valence-corrected chi connectivity index (χ3v) is 5.18. The van der Waals surface area contributed by atoms with Gasteiger partial charge in [-0.25, -0.2) is 0 Å². The molecule has 4 aliphatic carbocycles. The van der Waals surface area contributed by atoms with Crippen molar-refractivity contribution in [3.8, 4) is 0 Å². The lowest BCUT2D eigenvalue weighted by atomic mass is 9.52. The van der Waals surface area contributed by atoms with Crippen LogP contribution in [0.5, 0.6) is 0 Å². The molecular weight excluding hydrogens is 198 g/mol. The normalized spacial score (nSPS) is 50.2. The van der Waals surface area contributed by atoms with Gasteiger partial charge in [0.2, 0.25) is 0 Å². The van der Waals surface area contributed by atoms with Crippen LogP contribution in [0.3, 0.4) is 0 Å². The zero-order valence-electron chi connectivity index (χ0n) is 10.8. The van der Waals surface area contributed by atoms with Gasteiger partial charge in [0, 0.05) is 19.2 Å². The summed E-state index contributed by atoms with van der Waals surface area (Å²) in [7, 11) is 1.93. The fourth-order valence-corrected chi connectivity index (χ4v) is 4.86. The highest BCUT2D eigenvalue weighted by Gasteiger charge is 2.55. The van der Waals surface area contributed by atoms with Gasteiger partial charge in [-0.2, -0.15) is 0 Å². The monoisotopic (exact) mass is 223 g/mol. The Morgan fingerprint density at radius 2 is 1.75 bits per heavy atom. The molecule has 92 valence electrons. The molecule has 0 aromatic heterocycles. The summed E-state index contributed by atoms with van der Waals surface area (Å²) in [4.78, 5) is 0. The number of methoxy groups -OCH3 is 1. The second kappa shape index (κ2) is 3.71. The molecule has 0 heterocycles. The van der Waals surface area contributed by atoms with Crippen molar-refractivity contribution in [1.29, 1.82) is 0 Å². The maximum atomic E-state index is 5.88. The first-order valence-corrected chi connectivity index (χ1v) is 6.93. The van der Waals surface area contributed by atoms with Gasteiger partial charge < -0.3 is 10.1 Å². The first kappa shape index (κ1) is 11.0. The van der Waals surface area contributed by atoms with Crippen LogP contribution in [-0.2, 0) is 4.74 Å². The highest BCUT2D eigenvalue weighted by atomic mass is 16.5. The molecule has 0 aromatic carbocycles. The predicted octanol–water partition coefficient (Wildman–Crippen LogP) is 2.58. The molecule has 0 radical (unpaired) electrons. The van der Waals surface area contributed by atoms with Crippen LogP contribution in [0.25, 0.3) is 0 Å². The summed E-state index contributed by atoms with van der Waals surface area (Å²) in [5.41, 5.74) is 0.270. The average molecular weight is 223 g/mol. The van der Waals surface area contributed by atoms with Crippen molar-refractivity contribution in [3.63, 3.8) is 0 Å². The third-order valence-electron chi connectivity index (χ3n) is 5.18. The summed E-state index contributed by atoms with van der Waals surface area (Å²) in [5.74, 6) is 2.73. The molecule has 0 aromatic rings. The van der Waals surface area contributed by atoms with Crippen LogP contribution >= 0.6 is 0 Å². The fourth-order valence-electron chi connectivity index (χ4n) is 4.86. The molecule has 1 N–H and O–H groups in total. The van der Waals surface area contributed by atoms with Crippen molar-refractivity contribution >= 4 is 0 Å². The quantitative estimate of drug-likeness (QED) is 0.794. The van der Waals surface area contributed by atoms with Crippen LogP contribution in [0.2, 0.25) is 0 Å². The van der Waals surface area contributed by atoms with Crippen molar-refractivity contribution < 1.29 is 4.74 Å². The van der Waals surface area contributed by atoms with Gasteiger partial charge in [0.25, 0.3) is 0 Å². The Balaban J connectivity index is 1.79. The standard InChI is InChI=1S/C14H25NO/c1-9(2)15-13-11-4-10-5-12(13)8-14(6-10,7-11)16-3/h9-13,15H,4-8H2,1-3H3. The molecule has 4 bridgehead atoms. The fraction of sp³-hybridized carbons (Fsp3) is 1.00. The first-order chi connectivity index (χ1) is 7.62. The van der Waals surface area contributed by atoms with E-state index in [0.717, 1.165) is 23.8 Å². The Kier molecular flexibility index (Phi) is 2.56. The number of rotatable bonds is 3. The molecule has 2 atom stereocenters. The Morgan fingerprint density at radius 3 is 2.25 bits per heavy atom. The van der Waals surface area contributed by atoms with Crippen molar-refractivity contribution in [2.45, 2.75) is 63.6 Å². The molecular formula is C14H25NO. The molecule has 4 fully saturated rings. The molecule has 4 aliphatic rings. The smallest absolute Gasteiger partial charge is 0.0687 e. The maximum absolute atomic E-state index is 5.88. The van der Waals surface area contributed by atoms with Gasteiger partial charge in [-0.05, 0) is 49.9 Å². The summed E-state index contributed by atoms with van der Waals surface area (Å²) >= 11 is 0. The molecule has 2 heteroatoms. The average Bonchev–Trinajstić information content (AvgIpc) is 2.22. The van der Waals surface area contributed by atoms with E-state index in [-0.39, 0.29) is 5.60 Å².